The molecule has 0 amide bonds. The minimum absolute atomic E-state index is 0.0856. The Labute approximate surface area is 74.4 Å². The van der Waals surface area contributed by atoms with E-state index in [0.29, 0.717) is 5.56 Å². The number of hydrogen-bond donors (Lipinski definition) is 2. The Morgan fingerprint density at radius 3 is 2.38 bits per heavy atom. The minimum atomic E-state index is -0.580. The fourth-order valence-corrected chi connectivity index (χ4v) is 1.22. The number of aryl methyl sites for hydroxylation is 1. The molecular formula is C8H9NO4. The Hall–Kier alpha value is -1.78. The first-order chi connectivity index (χ1) is 5.95. The zero-order valence-electron chi connectivity index (χ0n) is 7.24. The predicted octanol–water partition coefficient (Wildman–Crippen LogP) is 1.62. The summed E-state index contributed by atoms with van der Waals surface area (Å²) in [7, 11) is 0. The van der Waals surface area contributed by atoms with Crippen LogP contribution in [0.2, 0.25) is 0 Å². The van der Waals surface area contributed by atoms with E-state index in [-0.39, 0.29) is 17.0 Å². The summed E-state index contributed by atoms with van der Waals surface area (Å²) in [5, 5.41) is 28.8. The van der Waals surface area contributed by atoms with Crippen molar-refractivity contribution in [2.45, 2.75) is 13.8 Å². The van der Waals surface area contributed by atoms with Crippen LogP contribution >= 0.6 is 0 Å². The van der Waals surface area contributed by atoms with Gasteiger partial charge in [0.15, 0.2) is 11.5 Å². The summed E-state index contributed by atoms with van der Waals surface area (Å²) < 4.78 is 0. The van der Waals surface area contributed by atoms with E-state index in [4.69, 9.17) is 5.11 Å². The Balaban J connectivity index is 3.53. The number of phenols is 2. The lowest BCUT2D eigenvalue weighted by Crippen LogP contribution is -1.95. The van der Waals surface area contributed by atoms with Crippen LogP contribution < -0.4 is 0 Å². The smallest absolute Gasteiger partial charge is 0.279 e. The maximum absolute atomic E-state index is 10.5. The van der Waals surface area contributed by atoms with Crippen LogP contribution in [0, 0.1) is 24.0 Å². The summed E-state index contributed by atoms with van der Waals surface area (Å²) in [5.74, 6) is -0.766. The lowest BCUT2D eigenvalue weighted by molar-refractivity contribution is -0.386. The highest BCUT2D eigenvalue weighted by Crippen LogP contribution is 2.37. The van der Waals surface area contributed by atoms with Gasteiger partial charge < -0.3 is 10.2 Å². The zero-order valence-corrected chi connectivity index (χ0v) is 7.24. The number of phenolic OH excluding ortho intramolecular Hbond substituents is 2. The van der Waals surface area contributed by atoms with E-state index in [0.717, 1.165) is 0 Å². The predicted molar refractivity (Wildman–Crippen MR) is 45.9 cm³/mol. The Morgan fingerprint density at radius 1 is 1.38 bits per heavy atom. The van der Waals surface area contributed by atoms with Gasteiger partial charge in [0.05, 0.1) is 10.5 Å². The largest absolute Gasteiger partial charge is 0.504 e. The Kier molecular flexibility index (Phi) is 2.10. The monoisotopic (exact) mass is 183 g/mol. The summed E-state index contributed by atoms with van der Waals surface area (Å²) in [6.45, 7) is 2.89. The van der Waals surface area contributed by atoms with Crippen molar-refractivity contribution >= 4 is 5.69 Å². The standard InChI is InChI=1S/C8H9NO4/c1-4-3-6(10)8(11)5(2)7(4)9(12)13/h3,10-11H,1-2H3. The first-order valence-corrected chi connectivity index (χ1v) is 3.61. The average molecular weight is 183 g/mol. The van der Waals surface area contributed by atoms with Crippen LogP contribution in [0.4, 0.5) is 5.69 Å². The number of aromatic hydroxyl groups is 2. The number of nitro benzene ring substituents is 1. The highest BCUT2D eigenvalue weighted by molar-refractivity contribution is 5.59. The molecule has 70 valence electrons. The first kappa shape index (κ1) is 9.31. The highest BCUT2D eigenvalue weighted by atomic mass is 16.6. The molecule has 0 radical (unpaired) electrons. The lowest BCUT2D eigenvalue weighted by atomic mass is 10.1. The molecule has 0 fully saturated rings. The molecule has 5 heteroatoms. The number of rotatable bonds is 1. The van der Waals surface area contributed by atoms with Crippen LogP contribution in [0.5, 0.6) is 11.5 Å². The number of hydrogen-bond acceptors (Lipinski definition) is 4. The second kappa shape index (κ2) is 2.93. The van der Waals surface area contributed by atoms with Gasteiger partial charge in [0, 0.05) is 5.56 Å². The van der Waals surface area contributed by atoms with E-state index >= 15 is 0 Å². The molecule has 0 saturated carbocycles. The first-order valence-electron chi connectivity index (χ1n) is 3.61. The van der Waals surface area contributed by atoms with E-state index in [1.165, 1.54) is 19.9 Å². The third kappa shape index (κ3) is 1.40. The third-order valence-corrected chi connectivity index (χ3v) is 1.86. The van der Waals surface area contributed by atoms with E-state index in [9.17, 15) is 15.2 Å². The number of benzene rings is 1. The molecule has 1 aromatic carbocycles. The normalized spacial score (nSPS) is 10.0. The molecule has 0 spiro atoms. The fourth-order valence-electron chi connectivity index (χ4n) is 1.22. The topological polar surface area (TPSA) is 83.6 Å². The van der Waals surface area contributed by atoms with Gasteiger partial charge in [0.2, 0.25) is 0 Å². The molecule has 5 nitrogen and oxygen atoms in total. The number of nitro groups is 1. The summed E-state index contributed by atoms with van der Waals surface area (Å²) in [4.78, 5) is 9.94. The fraction of sp³-hybridized carbons (Fsp3) is 0.250. The third-order valence-electron chi connectivity index (χ3n) is 1.86. The molecule has 0 atom stereocenters. The van der Waals surface area contributed by atoms with E-state index in [1.54, 1.807) is 0 Å². The number of nitrogens with zero attached hydrogens (tertiary/aromatic N) is 1. The van der Waals surface area contributed by atoms with Gasteiger partial charge >= 0.3 is 0 Å². The van der Waals surface area contributed by atoms with Crippen LogP contribution in [0.15, 0.2) is 6.07 Å². The molecular weight excluding hydrogens is 174 g/mol. The molecule has 0 saturated heterocycles. The summed E-state index contributed by atoms with van der Waals surface area (Å²) >= 11 is 0. The van der Waals surface area contributed by atoms with Crippen molar-refractivity contribution in [1.29, 1.82) is 0 Å². The van der Waals surface area contributed by atoms with Crippen molar-refractivity contribution in [3.05, 3.63) is 27.3 Å². The van der Waals surface area contributed by atoms with E-state index < -0.39 is 10.7 Å². The van der Waals surface area contributed by atoms with Crippen molar-refractivity contribution in [1.82, 2.24) is 0 Å². The molecule has 0 heterocycles. The molecule has 2 N–H and O–H groups in total. The second-order valence-corrected chi connectivity index (χ2v) is 2.79. The molecule has 0 aliphatic heterocycles. The van der Waals surface area contributed by atoms with Crippen molar-refractivity contribution in [2.24, 2.45) is 0 Å². The van der Waals surface area contributed by atoms with Gasteiger partial charge in [-0.1, -0.05) is 0 Å². The molecule has 0 bridgehead atoms. The zero-order chi connectivity index (χ0) is 10.2. The summed E-state index contributed by atoms with van der Waals surface area (Å²) in [6.07, 6.45) is 0. The highest BCUT2D eigenvalue weighted by Gasteiger charge is 2.20. The van der Waals surface area contributed by atoms with Crippen LogP contribution in [-0.4, -0.2) is 15.1 Å². The molecule has 1 aromatic rings. The van der Waals surface area contributed by atoms with Gasteiger partial charge in [-0.2, -0.15) is 0 Å². The summed E-state index contributed by atoms with van der Waals surface area (Å²) in [5.41, 5.74) is 0.260. The van der Waals surface area contributed by atoms with Crippen LogP contribution in [0.1, 0.15) is 11.1 Å². The van der Waals surface area contributed by atoms with Crippen LogP contribution in [-0.2, 0) is 0 Å². The average Bonchev–Trinajstić information content (AvgIpc) is 1.99. The summed E-state index contributed by atoms with van der Waals surface area (Å²) in [6, 6.07) is 1.17. The Bertz CT molecular complexity index is 373. The van der Waals surface area contributed by atoms with Gasteiger partial charge in [0.1, 0.15) is 0 Å². The molecule has 1 rings (SSSR count). The molecule has 0 aliphatic rings. The van der Waals surface area contributed by atoms with Crippen molar-refractivity contribution < 1.29 is 15.1 Å². The van der Waals surface area contributed by atoms with Crippen molar-refractivity contribution in [3.63, 3.8) is 0 Å². The minimum Gasteiger partial charge on any atom is -0.504 e. The lowest BCUT2D eigenvalue weighted by Gasteiger charge is -2.04. The van der Waals surface area contributed by atoms with E-state index in [2.05, 4.69) is 0 Å². The second-order valence-electron chi connectivity index (χ2n) is 2.79. The Morgan fingerprint density at radius 2 is 1.92 bits per heavy atom. The molecule has 0 aliphatic carbocycles. The molecule has 13 heavy (non-hydrogen) atoms. The van der Waals surface area contributed by atoms with Gasteiger partial charge in [-0.05, 0) is 19.9 Å². The van der Waals surface area contributed by atoms with Crippen LogP contribution in [0.3, 0.4) is 0 Å². The molecule has 0 unspecified atom stereocenters. The SMILES string of the molecule is Cc1cc(O)c(O)c(C)c1[N+](=O)[O-]. The molecule has 0 aromatic heterocycles. The van der Waals surface area contributed by atoms with E-state index in [1.807, 2.05) is 0 Å². The van der Waals surface area contributed by atoms with Gasteiger partial charge in [-0.15, -0.1) is 0 Å². The quantitative estimate of drug-likeness (QED) is 0.393. The van der Waals surface area contributed by atoms with Gasteiger partial charge in [0.25, 0.3) is 5.69 Å². The van der Waals surface area contributed by atoms with Gasteiger partial charge in [-0.25, -0.2) is 0 Å². The van der Waals surface area contributed by atoms with Crippen LogP contribution in [0.25, 0.3) is 0 Å². The van der Waals surface area contributed by atoms with Crippen molar-refractivity contribution in [3.8, 4) is 11.5 Å². The maximum Gasteiger partial charge on any atom is 0.279 e. The maximum atomic E-state index is 10.5. The van der Waals surface area contributed by atoms with Crippen molar-refractivity contribution in [2.75, 3.05) is 0 Å². The van der Waals surface area contributed by atoms with Gasteiger partial charge in [-0.3, -0.25) is 10.1 Å².